The molecular weight excluding hydrogens is 136 g/mol. The highest BCUT2D eigenvalue weighted by Crippen LogP contribution is 1.98. The molecule has 0 aliphatic carbocycles. The molecule has 0 amide bonds. The first-order valence-electron chi connectivity index (χ1n) is 3.21. The monoisotopic (exact) mass is 152 g/mol. The quantitative estimate of drug-likeness (QED) is 0.502. The third kappa shape index (κ3) is 10.8. The van der Waals surface area contributed by atoms with Gasteiger partial charge in [-0.2, -0.15) is 0 Å². The van der Waals surface area contributed by atoms with Crippen LogP contribution in [0, 0.1) is 0 Å². The minimum atomic E-state index is -0.125. The van der Waals surface area contributed by atoms with Crippen LogP contribution >= 0.6 is 0 Å². The third-order valence-electron chi connectivity index (χ3n) is 0.927. The average molecular weight is 152 g/mol. The Hall–Kier alpha value is -0.160. The van der Waals surface area contributed by atoms with Crippen molar-refractivity contribution in [2.75, 3.05) is 26.4 Å². The molecule has 0 radical (unpaired) electrons. The highest BCUT2D eigenvalue weighted by atomic mass is 16.5. The molecule has 1 aliphatic heterocycles. The molecule has 4 N–H and O–H groups in total. The lowest BCUT2D eigenvalue weighted by Gasteiger charge is -1.76. The lowest BCUT2D eigenvalue weighted by atomic mass is 10.4. The maximum atomic E-state index is 7.62. The normalized spacial score (nSPS) is 15.0. The summed E-state index contributed by atoms with van der Waals surface area (Å²) >= 11 is 0. The van der Waals surface area contributed by atoms with Gasteiger partial charge in [0.15, 0.2) is 0 Å². The largest absolute Gasteiger partial charge is 0.412 e. The summed E-state index contributed by atoms with van der Waals surface area (Å²) < 4.78 is 4.94. The van der Waals surface area contributed by atoms with E-state index >= 15 is 0 Å². The Morgan fingerprint density at radius 3 is 1.50 bits per heavy atom. The zero-order chi connectivity index (χ0) is 6.95. The summed E-state index contributed by atoms with van der Waals surface area (Å²) in [6, 6.07) is 0. The molecule has 1 rings (SSSR count). The molecule has 64 valence electrons. The van der Waals surface area contributed by atoms with Crippen LogP contribution in [0.1, 0.15) is 12.8 Å². The van der Waals surface area contributed by atoms with Gasteiger partial charge in [-0.3, -0.25) is 0 Å². The van der Waals surface area contributed by atoms with Crippen molar-refractivity contribution in [2.24, 2.45) is 0 Å². The van der Waals surface area contributed by atoms with Crippen molar-refractivity contribution in [2.45, 2.75) is 12.8 Å². The van der Waals surface area contributed by atoms with Crippen molar-refractivity contribution in [1.29, 1.82) is 0 Å². The van der Waals surface area contributed by atoms with Gasteiger partial charge in [-0.05, 0) is 12.8 Å². The first-order valence-corrected chi connectivity index (χ1v) is 3.21. The van der Waals surface area contributed by atoms with Gasteiger partial charge in [-0.1, -0.05) is 0 Å². The van der Waals surface area contributed by atoms with Crippen molar-refractivity contribution in [3.05, 3.63) is 0 Å². The maximum absolute atomic E-state index is 7.62. The van der Waals surface area contributed by atoms with Crippen LogP contribution in [0.25, 0.3) is 0 Å². The zero-order valence-corrected chi connectivity index (χ0v) is 6.05. The third-order valence-corrected chi connectivity index (χ3v) is 0.927. The lowest BCUT2D eigenvalue weighted by molar-refractivity contribution is 0.186. The Morgan fingerprint density at radius 2 is 1.40 bits per heavy atom. The van der Waals surface area contributed by atoms with Crippen molar-refractivity contribution in [3.63, 3.8) is 0 Å². The number of rotatable bonds is 1. The van der Waals surface area contributed by atoms with E-state index in [4.69, 9.17) is 14.9 Å². The van der Waals surface area contributed by atoms with Crippen molar-refractivity contribution in [1.82, 2.24) is 0 Å². The molecule has 0 aromatic rings. The molecule has 0 aromatic heterocycles. The molecule has 0 atom stereocenters. The fourth-order valence-electron chi connectivity index (χ4n) is 0.510. The predicted octanol–water partition coefficient (Wildman–Crippen LogP) is -1.06. The van der Waals surface area contributed by atoms with Gasteiger partial charge in [-0.15, -0.1) is 0 Å². The van der Waals surface area contributed by atoms with Crippen LogP contribution in [0.2, 0.25) is 0 Å². The topological polar surface area (TPSA) is 81.2 Å². The van der Waals surface area contributed by atoms with Gasteiger partial charge in [-0.25, -0.2) is 0 Å². The molecule has 1 aliphatic rings. The molecular formula is C6H16O4. The summed E-state index contributed by atoms with van der Waals surface area (Å²) in [6.07, 6.45) is 2.56. The van der Waals surface area contributed by atoms with Crippen LogP contribution in [0.4, 0.5) is 0 Å². The molecule has 0 aromatic carbocycles. The van der Waals surface area contributed by atoms with Crippen molar-refractivity contribution in [3.8, 4) is 0 Å². The van der Waals surface area contributed by atoms with E-state index in [0.29, 0.717) is 0 Å². The van der Waals surface area contributed by atoms with Crippen LogP contribution in [0.15, 0.2) is 0 Å². The fourth-order valence-corrected chi connectivity index (χ4v) is 0.510. The Balaban J connectivity index is 0. The number of aliphatic hydroxyl groups is 2. The number of hydrogen-bond acceptors (Lipinski definition) is 3. The van der Waals surface area contributed by atoms with Gasteiger partial charge in [0.25, 0.3) is 0 Å². The Labute approximate surface area is 60.7 Å². The summed E-state index contributed by atoms with van der Waals surface area (Å²) in [4.78, 5) is 0. The van der Waals surface area contributed by atoms with Gasteiger partial charge >= 0.3 is 0 Å². The molecule has 0 bridgehead atoms. The van der Waals surface area contributed by atoms with E-state index in [0.717, 1.165) is 13.2 Å². The highest BCUT2D eigenvalue weighted by Gasteiger charge is 1.94. The summed E-state index contributed by atoms with van der Waals surface area (Å²) in [5.74, 6) is 0. The fraction of sp³-hybridized carbons (Fsp3) is 1.00. The van der Waals surface area contributed by atoms with Gasteiger partial charge in [0, 0.05) is 13.2 Å². The Kier molecular flexibility index (Phi) is 14.5. The van der Waals surface area contributed by atoms with E-state index in [1.54, 1.807) is 0 Å². The van der Waals surface area contributed by atoms with E-state index in [2.05, 4.69) is 0 Å². The maximum Gasteiger partial charge on any atom is 0.0662 e. The molecule has 4 nitrogen and oxygen atoms in total. The van der Waals surface area contributed by atoms with E-state index in [-0.39, 0.29) is 18.7 Å². The van der Waals surface area contributed by atoms with Crippen molar-refractivity contribution >= 4 is 0 Å². The number of aliphatic hydroxyl groups excluding tert-OH is 2. The molecule has 1 fully saturated rings. The van der Waals surface area contributed by atoms with Crippen LogP contribution in [-0.2, 0) is 4.74 Å². The zero-order valence-electron chi connectivity index (χ0n) is 6.05. The van der Waals surface area contributed by atoms with Crippen LogP contribution in [0.5, 0.6) is 0 Å². The van der Waals surface area contributed by atoms with E-state index in [1.165, 1.54) is 12.8 Å². The summed E-state index contributed by atoms with van der Waals surface area (Å²) in [7, 11) is 0. The Bertz CT molecular complexity index is 35.4. The van der Waals surface area contributed by atoms with Gasteiger partial charge < -0.3 is 20.4 Å². The molecule has 4 heteroatoms. The first kappa shape index (κ1) is 12.5. The number of hydrogen-bond donors (Lipinski definition) is 2. The SMILES string of the molecule is C1CCOC1.O.OCCO. The predicted molar refractivity (Wildman–Crippen MR) is 37.8 cm³/mol. The summed E-state index contributed by atoms with van der Waals surface area (Å²) in [5, 5.41) is 15.2. The minimum absolute atomic E-state index is 0. The standard InChI is InChI=1S/C4H8O.C2H6O2.H2O/c1-2-4-5-3-1;3-1-2-4;/h1-4H2;3-4H,1-2H2;1H2. The lowest BCUT2D eigenvalue weighted by Crippen LogP contribution is -1.85. The summed E-state index contributed by atoms with van der Waals surface area (Å²) in [6.45, 7) is 1.75. The van der Waals surface area contributed by atoms with E-state index in [9.17, 15) is 0 Å². The van der Waals surface area contributed by atoms with Crippen LogP contribution in [-0.4, -0.2) is 42.1 Å². The highest BCUT2D eigenvalue weighted by molar-refractivity contribution is 4.43. The average Bonchev–Trinajstić information content (AvgIpc) is 2.43. The smallest absolute Gasteiger partial charge is 0.0662 e. The Morgan fingerprint density at radius 1 is 1.00 bits per heavy atom. The second-order valence-electron chi connectivity index (χ2n) is 1.77. The van der Waals surface area contributed by atoms with Gasteiger partial charge in [0.1, 0.15) is 0 Å². The van der Waals surface area contributed by atoms with Gasteiger partial charge in [0.05, 0.1) is 13.2 Å². The second kappa shape index (κ2) is 11.6. The van der Waals surface area contributed by atoms with Crippen molar-refractivity contribution < 1.29 is 20.4 Å². The van der Waals surface area contributed by atoms with E-state index in [1.807, 2.05) is 0 Å². The number of ether oxygens (including phenoxy) is 1. The summed E-state index contributed by atoms with van der Waals surface area (Å²) in [5.41, 5.74) is 0. The molecule has 10 heavy (non-hydrogen) atoms. The van der Waals surface area contributed by atoms with E-state index < -0.39 is 0 Å². The van der Waals surface area contributed by atoms with Gasteiger partial charge in [0.2, 0.25) is 0 Å². The van der Waals surface area contributed by atoms with Crippen LogP contribution in [0.3, 0.4) is 0 Å². The molecule has 0 saturated carbocycles. The second-order valence-corrected chi connectivity index (χ2v) is 1.77. The molecule has 1 saturated heterocycles. The molecule has 0 spiro atoms. The molecule has 0 unspecified atom stereocenters. The molecule has 1 heterocycles. The first-order chi connectivity index (χ1) is 4.41. The van der Waals surface area contributed by atoms with Crippen LogP contribution < -0.4 is 0 Å². The minimum Gasteiger partial charge on any atom is -0.412 e.